The summed E-state index contributed by atoms with van der Waals surface area (Å²) in [5.74, 6) is 0.0290. The molecule has 0 spiro atoms. The smallest absolute Gasteiger partial charge is 0.310 e. The summed E-state index contributed by atoms with van der Waals surface area (Å²) in [6, 6.07) is 19.7. The number of rotatable bonds is 3. The van der Waals surface area contributed by atoms with Gasteiger partial charge in [-0.25, -0.2) is 5.01 Å². The van der Waals surface area contributed by atoms with Crippen molar-refractivity contribution >= 4 is 27.5 Å². The van der Waals surface area contributed by atoms with Crippen LogP contribution in [0, 0.1) is 13.8 Å². The standard InChI is InChI=1S/C22H19BrN2O2/c1-14-3-7-16(8-4-14)18-13-19(17-9-5-15(2)6-10-17)25(24-18)22(26)20-11-12-21(23)27-20/h3-12,19H,13H2,1-2H3/t19-/m1/s1. The zero-order valence-corrected chi connectivity index (χ0v) is 16.7. The van der Waals surface area contributed by atoms with Gasteiger partial charge in [-0.2, -0.15) is 5.10 Å². The maximum absolute atomic E-state index is 13.0. The van der Waals surface area contributed by atoms with Gasteiger partial charge < -0.3 is 4.42 Å². The minimum absolute atomic E-state index is 0.154. The van der Waals surface area contributed by atoms with E-state index < -0.39 is 0 Å². The Labute approximate surface area is 166 Å². The van der Waals surface area contributed by atoms with Gasteiger partial charge in [0, 0.05) is 6.42 Å². The molecule has 0 N–H and O–H groups in total. The number of aryl methyl sites for hydroxylation is 2. The first kappa shape index (κ1) is 17.7. The molecule has 4 nitrogen and oxygen atoms in total. The summed E-state index contributed by atoms with van der Waals surface area (Å²) in [5, 5.41) is 6.23. The molecule has 0 fully saturated rings. The lowest BCUT2D eigenvalue weighted by Crippen LogP contribution is -2.26. The quantitative estimate of drug-likeness (QED) is 0.547. The second-order valence-corrected chi connectivity index (χ2v) is 7.58. The van der Waals surface area contributed by atoms with Crippen LogP contribution in [0.5, 0.6) is 0 Å². The van der Waals surface area contributed by atoms with E-state index in [0.29, 0.717) is 11.1 Å². The maximum Gasteiger partial charge on any atom is 0.310 e. The van der Waals surface area contributed by atoms with Crippen molar-refractivity contribution in [1.82, 2.24) is 5.01 Å². The molecule has 0 saturated carbocycles. The Kier molecular flexibility index (Phi) is 4.70. The van der Waals surface area contributed by atoms with E-state index in [2.05, 4.69) is 83.4 Å². The molecule has 0 saturated heterocycles. The fourth-order valence-corrected chi connectivity index (χ4v) is 3.52. The Balaban J connectivity index is 1.72. The van der Waals surface area contributed by atoms with Crippen molar-refractivity contribution in [2.45, 2.75) is 26.3 Å². The summed E-state index contributed by atoms with van der Waals surface area (Å²) in [4.78, 5) is 13.0. The minimum Gasteiger partial charge on any atom is -0.444 e. The molecule has 1 atom stereocenters. The van der Waals surface area contributed by atoms with Gasteiger partial charge >= 0.3 is 5.91 Å². The molecule has 27 heavy (non-hydrogen) atoms. The topological polar surface area (TPSA) is 45.8 Å². The van der Waals surface area contributed by atoms with Gasteiger partial charge in [0.05, 0.1) is 11.8 Å². The van der Waals surface area contributed by atoms with Crippen LogP contribution in [0.25, 0.3) is 0 Å². The summed E-state index contributed by atoms with van der Waals surface area (Å²) in [6.07, 6.45) is 0.666. The average molecular weight is 423 g/mol. The van der Waals surface area contributed by atoms with Crippen LogP contribution in [0.2, 0.25) is 0 Å². The molecule has 0 unspecified atom stereocenters. The highest BCUT2D eigenvalue weighted by atomic mass is 79.9. The van der Waals surface area contributed by atoms with Crippen LogP contribution < -0.4 is 0 Å². The third-order valence-electron chi connectivity index (χ3n) is 4.75. The predicted octanol–water partition coefficient (Wildman–Crippen LogP) is 5.65. The zero-order chi connectivity index (χ0) is 19.0. The maximum atomic E-state index is 13.0. The van der Waals surface area contributed by atoms with Gasteiger partial charge in [0.25, 0.3) is 0 Å². The fraction of sp³-hybridized carbons (Fsp3) is 0.182. The molecule has 1 aliphatic rings. The van der Waals surface area contributed by atoms with Crippen molar-refractivity contribution in [2.24, 2.45) is 5.10 Å². The minimum atomic E-state index is -0.242. The van der Waals surface area contributed by atoms with Gasteiger partial charge in [0.2, 0.25) is 0 Å². The highest BCUT2D eigenvalue weighted by Crippen LogP contribution is 2.34. The molecule has 3 aromatic rings. The number of halogens is 1. The number of hydrogen-bond acceptors (Lipinski definition) is 3. The molecule has 0 aliphatic carbocycles. The molecular formula is C22H19BrN2O2. The molecule has 1 aromatic heterocycles. The van der Waals surface area contributed by atoms with Gasteiger partial charge in [-0.1, -0.05) is 59.7 Å². The van der Waals surface area contributed by atoms with Crippen LogP contribution in [0.3, 0.4) is 0 Å². The summed E-state index contributed by atoms with van der Waals surface area (Å²) >= 11 is 3.26. The fourth-order valence-electron chi connectivity index (χ4n) is 3.21. The van der Waals surface area contributed by atoms with Crippen molar-refractivity contribution in [3.05, 3.63) is 93.3 Å². The van der Waals surface area contributed by atoms with Crippen LogP contribution in [0.4, 0.5) is 0 Å². The van der Waals surface area contributed by atoms with Crippen molar-refractivity contribution in [1.29, 1.82) is 0 Å². The number of hydrogen-bond donors (Lipinski definition) is 0. The Morgan fingerprint density at radius 2 is 1.63 bits per heavy atom. The van der Waals surface area contributed by atoms with E-state index in [4.69, 9.17) is 4.42 Å². The average Bonchev–Trinajstić information content (AvgIpc) is 3.29. The third kappa shape index (κ3) is 3.60. The highest BCUT2D eigenvalue weighted by Gasteiger charge is 2.34. The lowest BCUT2D eigenvalue weighted by molar-refractivity contribution is 0.0677. The number of carbonyl (C=O) groups is 1. The molecule has 5 heteroatoms. The normalized spacial score (nSPS) is 16.5. The first-order valence-corrected chi connectivity index (χ1v) is 9.60. The first-order valence-electron chi connectivity index (χ1n) is 8.81. The lowest BCUT2D eigenvalue weighted by Gasteiger charge is -2.21. The zero-order valence-electron chi connectivity index (χ0n) is 15.1. The van der Waals surface area contributed by atoms with Crippen molar-refractivity contribution in [3.63, 3.8) is 0 Å². The molecule has 1 amide bonds. The van der Waals surface area contributed by atoms with Gasteiger partial charge in [-0.05, 0) is 53.0 Å². The largest absolute Gasteiger partial charge is 0.444 e. The van der Waals surface area contributed by atoms with Crippen molar-refractivity contribution in [2.75, 3.05) is 0 Å². The molecule has 1 aliphatic heterocycles. The number of hydrazone groups is 1. The third-order valence-corrected chi connectivity index (χ3v) is 5.18. The van der Waals surface area contributed by atoms with E-state index in [1.165, 1.54) is 11.1 Å². The molecule has 4 rings (SSSR count). The summed E-state index contributed by atoms with van der Waals surface area (Å²) < 4.78 is 6.00. The van der Waals surface area contributed by atoms with Crippen LogP contribution in [-0.2, 0) is 0 Å². The van der Waals surface area contributed by atoms with E-state index in [1.54, 1.807) is 17.1 Å². The Bertz CT molecular complexity index is 1000. The Morgan fingerprint density at radius 3 is 2.22 bits per heavy atom. The molecule has 2 heterocycles. The first-order chi connectivity index (χ1) is 13.0. The number of amides is 1. The SMILES string of the molecule is Cc1ccc(C2=NN(C(=O)c3ccc(Br)o3)[C@@H](c3ccc(C)cc3)C2)cc1. The van der Waals surface area contributed by atoms with Crippen molar-refractivity contribution < 1.29 is 9.21 Å². The lowest BCUT2D eigenvalue weighted by atomic mass is 9.97. The number of benzene rings is 2. The molecule has 0 radical (unpaired) electrons. The number of carbonyl (C=O) groups excluding carboxylic acids is 1. The van der Waals surface area contributed by atoms with Crippen molar-refractivity contribution in [3.8, 4) is 0 Å². The van der Waals surface area contributed by atoms with Gasteiger partial charge in [0.15, 0.2) is 10.4 Å². The van der Waals surface area contributed by atoms with E-state index in [-0.39, 0.29) is 17.7 Å². The monoisotopic (exact) mass is 422 g/mol. The van der Waals surface area contributed by atoms with Gasteiger partial charge in [0.1, 0.15) is 0 Å². The van der Waals surface area contributed by atoms with E-state index in [0.717, 1.165) is 16.8 Å². The number of furan rings is 1. The molecule has 0 bridgehead atoms. The Morgan fingerprint density at radius 1 is 1.00 bits per heavy atom. The predicted molar refractivity (Wildman–Crippen MR) is 109 cm³/mol. The second kappa shape index (κ2) is 7.16. The highest BCUT2D eigenvalue weighted by molar-refractivity contribution is 9.10. The summed E-state index contributed by atoms with van der Waals surface area (Å²) in [7, 11) is 0. The van der Waals surface area contributed by atoms with E-state index in [1.807, 2.05) is 0 Å². The van der Waals surface area contributed by atoms with Gasteiger partial charge in [-0.3, -0.25) is 4.79 Å². The summed E-state index contributed by atoms with van der Waals surface area (Å²) in [5.41, 5.74) is 5.38. The van der Waals surface area contributed by atoms with Crippen LogP contribution in [-0.4, -0.2) is 16.6 Å². The molecular weight excluding hydrogens is 404 g/mol. The summed E-state index contributed by atoms with van der Waals surface area (Å²) in [6.45, 7) is 4.11. The Hall–Kier alpha value is -2.66. The second-order valence-electron chi connectivity index (χ2n) is 6.80. The van der Waals surface area contributed by atoms with Crippen LogP contribution in [0.15, 0.2) is 74.9 Å². The molecule has 136 valence electrons. The molecule has 2 aromatic carbocycles. The number of nitrogens with zero attached hydrogens (tertiary/aromatic N) is 2. The van der Waals surface area contributed by atoms with Gasteiger partial charge in [-0.15, -0.1) is 0 Å². The van der Waals surface area contributed by atoms with Crippen LogP contribution >= 0.6 is 15.9 Å². The van der Waals surface area contributed by atoms with E-state index >= 15 is 0 Å². The van der Waals surface area contributed by atoms with E-state index in [9.17, 15) is 4.79 Å². The van der Waals surface area contributed by atoms with Crippen LogP contribution in [0.1, 0.15) is 45.3 Å².